The lowest BCUT2D eigenvalue weighted by molar-refractivity contribution is -0.172. The number of ether oxygens (including phenoxy) is 2. The number of carbonyl (C=O) groups is 5. The van der Waals surface area contributed by atoms with Crippen molar-refractivity contribution in [2.75, 3.05) is 17.8 Å². The first-order valence-electron chi connectivity index (χ1n) is 14.0. The smallest absolute Gasteiger partial charge is 0.404 e. The van der Waals surface area contributed by atoms with Crippen LogP contribution >= 0.6 is 22.9 Å². The molecule has 0 aliphatic carbocycles. The van der Waals surface area contributed by atoms with Gasteiger partial charge in [-0.15, -0.1) is 22.9 Å². The Balaban J connectivity index is 1.62. The van der Waals surface area contributed by atoms with Gasteiger partial charge in [0.1, 0.15) is 30.3 Å². The molecule has 20 heteroatoms. The minimum atomic E-state index is -5.12. The number of amides is 4. The van der Waals surface area contributed by atoms with Gasteiger partial charge >= 0.3 is 22.4 Å². The van der Waals surface area contributed by atoms with Crippen molar-refractivity contribution < 1.29 is 51.3 Å². The number of nitrogens with zero attached hydrogens (tertiary/aromatic N) is 3. The van der Waals surface area contributed by atoms with Gasteiger partial charge in [0.25, 0.3) is 11.8 Å². The summed E-state index contributed by atoms with van der Waals surface area (Å²) in [6.07, 6.45) is -2.16. The van der Waals surface area contributed by atoms with Gasteiger partial charge in [0.05, 0.1) is 0 Å². The SMILES string of the molecule is CC(C)(O/N=C(\C(=O)NC1C(=O)N(S(=O)(=O)O)C1COC(N)=O)c1csc(NC(=O)CCl)n1)C(=O)OC(c1ccccc1)c1ccccc1. The number of oxime groups is 1. The molecule has 5 N–H and O–H groups in total. The molecule has 1 aliphatic heterocycles. The monoisotopic (exact) mass is 736 g/mol. The van der Waals surface area contributed by atoms with E-state index in [1.165, 1.54) is 19.2 Å². The highest BCUT2D eigenvalue weighted by molar-refractivity contribution is 7.84. The lowest BCUT2D eigenvalue weighted by Gasteiger charge is -2.43. The van der Waals surface area contributed by atoms with Gasteiger partial charge in [-0.2, -0.15) is 8.42 Å². The molecule has 2 atom stereocenters. The van der Waals surface area contributed by atoms with Crippen molar-refractivity contribution in [2.45, 2.75) is 37.6 Å². The van der Waals surface area contributed by atoms with E-state index in [4.69, 9.17) is 26.9 Å². The summed E-state index contributed by atoms with van der Waals surface area (Å²) in [7, 11) is -5.12. The molecule has 1 aromatic heterocycles. The molecule has 0 saturated carbocycles. The van der Waals surface area contributed by atoms with E-state index in [0.717, 1.165) is 11.3 Å². The number of hydrogen-bond donors (Lipinski definition) is 4. The summed E-state index contributed by atoms with van der Waals surface area (Å²) in [6, 6.07) is 14.6. The van der Waals surface area contributed by atoms with Crippen LogP contribution in [0.5, 0.6) is 0 Å². The zero-order valence-corrected chi connectivity index (χ0v) is 28.0. The van der Waals surface area contributed by atoms with Crippen LogP contribution in [0.15, 0.2) is 71.2 Å². The van der Waals surface area contributed by atoms with Crippen LogP contribution in [0.25, 0.3) is 0 Å². The quantitative estimate of drug-likeness (QED) is 0.0462. The van der Waals surface area contributed by atoms with Crippen molar-refractivity contribution in [1.82, 2.24) is 14.6 Å². The van der Waals surface area contributed by atoms with E-state index in [0.29, 0.717) is 11.1 Å². The van der Waals surface area contributed by atoms with Crippen molar-refractivity contribution in [3.8, 4) is 0 Å². The lowest BCUT2D eigenvalue weighted by Crippen LogP contribution is -2.73. The second-order valence-electron chi connectivity index (χ2n) is 10.6. The highest BCUT2D eigenvalue weighted by atomic mass is 35.5. The van der Waals surface area contributed by atoms with Crippen LogP contribution in [-0.4, -0.2) is 87.9 Å². The average Bonchev–Trinajstić information content (AvgIpc) is 3.51. The lowest BCUT2D eigenvalue weighted by atomic mass is 9.99. The summed E-state index contributed by atoms with van der Waals surface area (Å²) < 4.78 is 43.4. The van der Waals surface area contributed by atoms with Gasteiger partial charge in [0.15, 0.2) is 16.9 Å². The molecular weight excluding hydrogens is 708 g/mol. The molecule has 1 aliphatic rings. The Morgan fingerprint density at radius 3 is 2.22 bits per heavy atom. The predicted octanol–water partition coefficient (Wildman–Crippen LogP) is 1.75. The average molecular weight is 737 g/mol. The third-order valence-electron chi connectivity index (χ3n) is 6.72. The van der Waals surface area contributed by atoms with Crippen LogP contribution in [-0.2, 0) is 43.8 Å². The number of nitrogens with two attached hydrogens (primary N) is 1. The Bertz CT molecular complexity index is 1820. The van der Waals surface area contributed by atoms with Crippen LogP contribution in [0.3, 0.4) is 0 Å². The Morgan fingerprint density at radius 1 is 1.10 bits per heavy atom. The maximum absolute atomic E-state index is 13.6. The number of benzene rings is 2. The number of aromatic nitrogens is 1. The number of halogens is 1. The molecule has 49 heavy (non-hydrogen) atoms. The summed E-state index contributed by atoms with van der Waals surface area (Å²) in [6.45, 7) is 1.83. The van der Waals surface area contributed by atoms with E-state index < -0.39 is 82.1 Å². The van der Waals surface area contributed by atoms with Gasteiger partial charge in [-0.3, -0.25) is 18.9 Å². The molecule has 0 bridgehead atoms. The summed E-state index contributed by atoms with van der Waals surface area (Å²) in [5.74, 6) is -4.35. The minimum absolute atomic E-state index is 0.00149. The zero-order chi connectivity index (χ0) is 35.9. The van der Waals surface area contributed by atoms with E-state index in [1.54, 1.807) is 60.7 Å². The summed E-state index contributed by atoms with van der Waals surface area (Å²) >= 11 is 6.41. The Labute approximate surface area is 288 Å². The molecule has 2 aromatic carbocycles. The minimum Gasteiger partial charge on any atom is -0.450 e. The van der Waals surface area contributed by atoms with Gasteiger partial charge in [0, 0.05) is 5.38 Å². The van der Waals surface area contributed by atoms with Crippen molar-refractivity contribution in [3.05, 3.63) is 82.9 Å². The first-order valence-corrected chi connectivity index (χ1v) is 16.9. The van der Waals surface area contributed by atoms with E-state index in [2.05, 4.69) is 25.5 Å². The molecule has 4 rings (SSSR count). The van der Waals surface area contributed by atoms with Crippen LogP contribution in [0.1, 0.15) is 36.8 Å². The third-order valence-corrected chi connectivity index (χ3v) is 8.66. The normalized spacial score (nSPS) is 16.4. The number of anilines is 1. The number of nitrogens with one attached hydrogen (secondary N) is 2. The number of primary amides is 1. The molecule has 4 amide bonds. The molecule has 1 fully saturated rings. The van der Waals surface area contributed by atoms with Gasteiger partial charge < -0.3 is 30.7 Å². The molecule has 0 spiro atoms. The molecule has 17 nitrogen and oxygen atoms in total. The number of rotatable bonds is 14. The molecule has 2 heterocycles. The summed E-state index contributed by atoms with van der Waals surface area (Å²) in [4.78, 5) is 72.3. The van der Waals surface area contributed by atoms with Crippen LogP contribution in [0.4, 0.5) is 9.93 Å². The van der Waals surface area contributed by atoms with E-state index in [-0.39, 0.29) is 15.1 Å². The highest BCUT2D eigenvalue weighted by Crippen LogP contribution is 2.29. The summed E-state index contributed by atoms with van der Waals surface area (Å²) in [5.41, 5.74) is 3.60. The zero-order valence-electron chi connectivity index (χ0n) is 25.6. The Kier molecular flexibility index (Phi) is 11.5. The first-order chi connectivity index (χ1) is 23.1. The van der Waals surface area contributed by atoms with E-state index >= 15 is 0 Å². The number of hydrogen-bond acceptors (Lipinski definition) is 13. The standard InChI is InChI=1S/C29H29ClN6O11S2/c1-29(2,26(40)46-23(16-9-5-3-6-10-16)17-11-7-4-8-12-17)47-35-21(18-15-48-28(32-18)33-20(37)13-30)24(38)34-22-19(14-45-27(31)41)36(25(22)39)49(42,43)44/h3-12,15,19,22-23H,13-14H2,1-2H3,(H2,31,41)(H,34,38)(H,32,33,37)(H,42,43,44)/b35-21-. The van der Waals surface area contributed by atoms with Gasteiger partial charge in [-0.05, 0) is 25.0 Å². The van der Waals surface area contributed by atoms with Crippen LogP contribution in [0, 0.1) is 0 Å². The van der Waals surface area contributed by atoms with Crippen molar-refractivity contribution in [3.63, 3.8) is 0 Å². The number of esters is 1. The maximum Gasteiger partial charge on any atom is 0.404 e. The fourth-order valence-corrected chi connectivity index (χ4v) is 5.97. The maximum atomic E-state index is 13.6. The highest BCUT2D eigenvalue weighted by Gasteiger charge is 2.55. The largest absolute Gasteiger partial charge is 0.450 e. The van der Waals surface area contributed by atoms with Crippen molar-refractivity contribution >= 4 is 73.9 Å². The number of thiazole rings is 1. The third kappa shape index (κ3) is 9.08. The molecule has 260 valence electrons. The number of β-lactam (4-membered cyclic amide) rings is 1. The molecular formula is C29H29ClN6O11S2. The van der Waals surface area contributed by atoms with Crippen LogP contribution < -0.4 is 16.4 Å². The number of alkyl halides is 1. The molecule has 2 unspecified atom stereocenters. The molecule has 0 radical (unpaired) electrons. The second-order valence-corrected chi connectivity index (χ2v) is 13.0. The Morgan fingerprint density at radius 2 is 1.69 bits per heavy atom. The van der Waals surface area contributed by atoms with Crippen molar-refractivity contribution in [1.29, 1.82) is 0 Å². The predicted molar refractivity (Wildman–Crippen MR) is 174 cm³/mol. The first kappa shape index (κ1) is 36.7. The second kappa shape index (κ2) is 15.4. The van der Waals surface area contributed by atoms with Crippen molar-refractivity contribution in [2.24, 2.45) is 10.9 Å². The fraction of sp³-hybridized carbons (Fsp3) is 0.276. The molecule has 1 saturated heterocycles. The number of carbonyl (C=O) groups excluding carboxylic acids is 5. The van der Waals surface area contributed by atoms with Gasteiger partial charge in [0.2, 0.25) is 11.5 Å². The topological polar surface area (TPSA) is 246 Å². The van der Waals surface area contributed by atoms with Gasteiger partial charge in [-0.1, -0.05) is 65.8 Å². The van der Waals surface area contributed by atoms with E-state index in [9.17, 15) is 36.9 Å². The van der Waals surface area contributed by atoms with E-state index in [1.807, 2.05) is 0 Å². The Hall–Kier alpha value is -5.11. The summed E-state index contributed by atoms with van der Waals surface area (Å²) in [5, 5.41) is 9.78. The molecule has 3 aromatic rings. The fourth-order valence-electron chi connectivity index (χ4n) is 4.33. The van der Waals surface area contributed by atoms with Gasteiger partial charge in [-0.25, -0.2) is 18.9 Å². The van der Waals surface area contributed by atoms with Crippen LogP contribution in [0.2, 0.25) is 0 Å².